The van der Waals surface area contributed by atoms with Crippen molar-refractivity contribution >= 4 is 0 Å². The predicted octanol–water partition coefficient (Wildman–Crippen LogP) is 3.72. The number of ether oxygens (including phenoxy) is 1. The summed E-state index contributed by atoms with van der Waals surface area (Å²) in [6, 6.07) is 7.26. The number of halogens is 1. The van der Waals surface area contributed by atoms with Gasteiger partial charge in [-0.2, -0.15) is 0 Å². The SMILES string of the molecule is CC(C)NCC(CCOC(C)C)c1ccc(F)cc1. The second-order valence-electron chi connectivity index (χ2n) is 5.52. The molecule has 3 heteroatoms. The summed E-state index contributed by atoms with van der Waals surface area (Å²) in [5, 5.41) is 3.45. The van der Waals surface area contributed by atoms with Gasteiger partial charge in [-0.25, -0.2) is 4.39 Å². The summed E-state index contributed by atoms with van der Waals surface area (Å²) in [6.45, 7) is 9.97. The molecule has 0 aliphatic rings. The van der Waals surface area contributed by atoms with E-state index < -0.39 is 0 Å². The Bertz CT molecular complexity index is 348. The van der Waals surface area contributed by atoms with Crippen LogP contribution in [-0.4, -0.2) is 25.3 Å². The van der Waals surface area contributed by atoms with Gasteiger partial charge in [-0.1, -0.05) is 26.0 Å². The number of benzene rings is 1. The van der Waals surface area contributed by atoms with E-state index in [1.54, 1.807) is 0 Å². The average Bonchev–Trinajstić information content (AvgIpc) is 2.34. The third-order valence-corrected chi connectivity index (χ3v) is 3.03. The number of nitrogens with one attached hydrogen (secondary N) is 1. The minimum absolute atomic E-state index is 0.183. The van der Waals surface area contributed by atoms with Crippen LogP contribution in [0.1, 0.15) is 45.6 Å². The van der Waals surface area contributed by atoms with Crippen LogP contribution in [0.25, 0.3) is 0 Å². The van der Waals surface area contributed by atoms with Crippen molar-refractivity contribution in [1.82, 2.24) is 5.32 Å². The highest BCUT2D eigenvalue weighted by Gasteiger charge is 2.12. The number of hydrogen-bond donors (Lipinski definition) is 1. The second-order valence-corrected chi connectivity index (χ2v) is 5.52. The van der Waals surface area contributed by atoms with Gasteiger partial charge in [0, 0.05) is 19.2 Å². The zero-order valence-electron chi connectivity index (χ0n) is 12.4. The highest BCUT2D eigenvalue weighted by Crippen LogP contribution is 2.20. The Labute approximate surface area is 116 Å². The van der Waals surface area contributed by atoms with Crippen LogP contribution >= 0.6 is 0 Å². The van der Waals surface area contributed by atoms with Gasteiger partial charge in [-0.05, 0) is 43.9 Å². The molecule has 0 heterocycles. The maximum Gasteiger partial charge on any atom is 0.123 e. The van der Waals surface area contributed by atoms with E-state index in [9.17, 15) is 4.39 Å². The molecule has 0 aliphatic carbocycles. The minimum atomic E-state index is -0.183. The van der Waals surface area contributed by atoms with Crippen LogP contribution in [-0.2, 0) is 4.74 Å². The highest BCUT2D eigenvalue weighted by atomic mass is 19.1. The molecular weight excluding hydrogens is 241 g/mol. The third-order valence-electron chi connectivity index (χ3n) is 3.03. The first-order valence-electron chi connectivity index (χ1n) is 7.09. The first-order chi connectivity index (χ1) is 8.99. The summed E-state index contributed by atoms with van der Waals surface area (Å²) < 4.78 is 18.6. The summed E-state index contributed by atoms with van der Waals surface area (Å²) in [7, 11) is 0. The Balaban J connectivity index is 2.59. The number of rotatable bonds is 8. The van der Waals surface area contributed by atoms with Crippen molar-refractivity contribution in [3.63, 3.8) is 0 Å². The lowest BCUT2D eigenvalue weighted by Crippen LogP contribution is -2.28. The van der Waals surface area contributed by atoms with Crippen LogP contribution < -0.4 is 5.32 Å². The topological polar surface area (TPSA) is 21.3 Å². The first kappa shape index (κ1) is 16.1. The summed E-state index contributed by atoms with van der Waals surface area (Å²) in [4.78, 5) is 0. The van der Waals surface area contributed by atoms with Gasteiger partial charge in [-0.3, -0.25) is 0 Å². The molecule has 19 heavy (non-hydrogen) atoms. The van der Waals surface area contributed by atoms with Gasteiger partial charge < -0.3 is 10.1 Å². The monoisotopic (exact) mass is 267 g/mol. The molecule has 1 atom stereocenters. The van der Waals surface area contributed by atoms with E-state index in [1.165, 1.54) is 17.7 Å². The lowest BCUT2D eigenvalue weighted by Gasteiger charge is -2.20. The Morgan fingerprint density at radius 2 is 1.74 bits per heavy atom. The van der Waals surface area contributed by atoms with Gasteiger partial charge in [0.1, 0.15) is 5.82 Å². The molecule has 0 radical (unpaired) electrons. The number of hydrogen-bond acceptors (Lipinski definition) is 2. The van der Waals surface area contributed by atoms with Crippen molar-refractivity contribution in [1.29, 1.82) is 0 Å². The maximum absolute atomic E-state index is 13.0. The third kappa shape index (κ3) is 6.69. The van der Waals surface area contributed by atoms with Gasteiger partial charge in [0.15, 0.2) is 0 Å². The Morgan fingerprint density at radius 1 is 1.11 bits per heavy atom. The maximum atomic E-state index is 13.0. The molecule has 0 saturated heterocycles. The van der Waals surface area contributed by atoms with Gasteiger partial charge in [0.25, 0.3) is 0 Å². The molecule has 108 valence electrons. The zero-order chi connectivity index (χ0) is 14.3. The van der Waals surface area contributed by atoms with E-state index >= 15 is 0 Å². The predicted molar refractivity (Wildman–Crippen MR) is 78.0 cm³/mol. The standard InChI is InChI=1S/C16H26FNO/c1-12(2)18-11-15(9-10-19-13(3)4)14-5-7-16(17)8-6-14/h5-8,12-13,15,18H,9-11H2,1-4H3. The van der Waals surface area contributed by atoms with E-state index in [1.807, 2.05) is 26.0 Å². The summed E-state index contributed by atoms with van der Waals surface area (Å²) >= 11 is 0. The first-order valence-corrected chi connectivity index (χ1v) is 7.09. The van der Waals surface area contributed by atoms with Gasteiger partial charge in [-0.15, -0.1) is 0 Å². The van der Waals surface area contributed by atoms with E-state index in [4.69, 9.17) is 4.74 Å². The molecule has 0 fully saturated rings. The molecule has 0 spiro atoms. The minimum Gasteiger partial charge on any atom is -0.379 e. The van der Waals surface area contributed by atoms with Crippen LogP contribution in [0.3, 0.4) is 0 Å². The summed E-state index contributed by atoms with van der Waals surface area (Å²) in [5.74, 6) is 0.180. The average molecular weight is 267 g/mol. The van der Waals surface area contributed by atoms with E-state index in [2.05, 4.69) is 19.2 Å². The Kier molecular flexibility index (Phi) is 7.03. The zero-order valence-corrected chi connectivity index (χ0v) is 12.4. The fraction of sp³-hybridized carbons (Fsp3) is 0.625. The van der Waals surface area contributed by atoms with Crippen molar-refractivity contribution in [2.45, 2.75) is 52.2 Å². The molecule has 0 saturated carbocycles. The lowest BCUT2D eigenvalue weighted by molar-refractivity contribution is 0.0732. The molecule has 1 aromatic rings. The van der Waals surface area contributed by atoms with Crippen LogP contribution in [0, 0.1) is 5.82 Å². The van der Waals surface area contributed by atoms with Crippen LogP contribution in [0.5, 0.6) is 0 Å². The fourth-order valence-electron chi connectivity index (χ4n) is 1.95. The van der Waals surface area contributed by atoms with Crippen molar-refractivity contribution in [3.05, 3.63) is 35.6 Å². The van der Waals surface area contributed by atoms with Gasteiger partial charge >= 0.3 is 0 Å². The second kappa shape index (κ2) is 8.28. The molecule has 2 nitrogen and oxygen atoms in total. The van der Waals surface area contributed by atoms with Gasteiger partial charge in [0.2, 0.25) is 0 Å². The molecule has 1 rings (SSSR count). The fourth-order valence-corrected chi connectivity index (χ4v) is 1.95. The van der Waals surface area contributed by atoms with Crippen molar-refractivity contribution < 1.29 is 9.13 Å². The van der Waals surface area contributed by atoms with Crippen LogP contribution in [0.15, 0.2) is 24.3 Å². The van der Waals surface area contributed by atoms with Crippen LogP contribution in [0.4, 0.5) is 4.39 Å². The molecule has 1 N–H and O–H groups in total. The largest absolute Gasteiger partial charge is 0.379 e. The summed E-state index contributed by atoms with van der Waals surface area (Å²) in [5.41, 5.74) is 1.17. The van der Waals surface area contributed by atoms with Crippen molar-refractivity contribution in [2.75, 3.05) is 13.2 Å². The quantitative estimate of drug-likeness (QED) is 0.775. The molecule has 0 amide bonds. The lowest BCUT2D eigenvalue weighted by atomic mass is 9.95. The molecule has 0 bridgehead atoms. The van der Waals surface area contributed by atoms with Crippen molar-refractivity contribution in [2.24, 2.45) is 0 Å². The van der Waals surface area contributed by atoms with E-state index in [0.717, 1.165) is 19.6 Å². The Hall–Kier alpha value is -0.930. The van der Waals surface area contributed by atoms with Gasteiger partial charge in [0.05, 0.1) is 6.10 Å². The molecule has 0 aromatic heterocycles. The normalized spacial score (nSPS) is 13.2. The van der Waals surface area contributed by atoms with Crippen molar-refractivity contribution in [3.8, 4) is 0 Å². The molecule has 0 aliphatic heterocycles. The molecular formula is C16H26FNO. The van der Waals surface area contributed by atoms with E-state index in [-0.39, 0.29) is 11.9 Å². The Morgan fingerprint density at radius 3 is 2.26 bits per heavy atom. The molecule has 1 aromatic carbocycles. The van der Waals surface area contributed by atoms with E-state index in [0.29, 0.717) is 12.0 Å². The summed E-state index contributed by atoms with van der Waals surface area (Å²) in [6.07, 6.45) is 1.20. The highest BCUT2D eigenvalue weighted by molar-refractivity contribution is 5.20. The smallest absolute Gasteiger partial charge is 0.123 e. The molecule has 1 unspecified atom stereocenters. The van der Waals surface area contributed by atoms with Crippen LogP contribution in [0.2, 0.25) is 0 Å².